The van der Waals surface area contributed by atoms with E-state index in [2.05, 4.69) is 9.55 Å². The topological polar surface area (TPSA) is 105 Å². The van der Waals surface area contributed by atoms with Crippen molar-refractivity contribution in [1.82, 2.24) is 19.4 Å². The number of ether oxygens (including phenoxy) is 1. The number of aliphatic carboxylic acids is 1. The Labute approximate surface area is 171 Å². The van der Waals surface area contributed by atoms with E-state index in [1.807, 2.05) is 11.2 Å². The van der Waals surface area contributed by atoms with Gasteiger partial charge in [-0.25, -0.2) is 9.78 Å². The lowest BCUT2D eigenvalue weighted by atomic mass is 10.2. The van der Waals surface area contributed by atoms with E-state index in [0.29, 0.717) is 19.7 Å². The number of imidazole rings is 1. The average Bonchev–Trinajstić information content (AvgIpc) is 3.26. The first-order valence-corrected chi connectivity index (χ1v) is 9.45. The number of aromatic nitrogens is 2. The quantitative estimate of drug-likeness (QED) is 0.771. The largest absolute Gasteiger partial charge is 0.490 e. The second kappa shape index (κ2) is 9.92. The summed E-state index contributed by atoms with van der Waals surface area (Å²) in [6.45, 7) is 4.82. The molecular formula is C18H25F3N4O5. The highest BCUT2D eigenvalue weighted by atomic mass is 19.4. The van der Waals surface area contributed by atoms with Gasteiger partial charge in [0, 0.05) is 33.7 Å². The van der Waals surface area contributed by atoms with E-state index in [1.54, 1.807) is 18.9 Å². The second-order valence-corrected chi connectivity index (χ2v) is 7.12. The minimum Gasteiger partial charge on any atom is -0.475 e. The molecule has 0 aliphatic carbocycles. The summed E-state index contributed by atoms with van der Waals surface area (Å²) in [5.74, 6) is -2.66. The number of carboxylic acids is 1. The van der Waals surface area contributed by atoms with Gasteiger partial charge < -0.3 is 24.2 Å². The number of amides is 2. The summed E-state index contributed by atoms with van der Waals surface area (Å²) in [4.78, 5) is 41.0. The van der Waals surface area contributed by atoms with Gasteiger partial charge in [0.25, 0.3) is 5.91 Å². The molecule has 1 aromatic rings. The molecule has 0 saturated carbocycles. The fraction of sp³-hybridized carbons (Fsp3) is 0.667. The van der Waals surface area contributed by atoms with Crippen molar-refractivity contribution in [2.24, 2.45) is 0 Å². The number of hydrogen-bond acceptors (Lipinski definition) is 5. The van der Waals surface area contributed by atoms with Gasteiger partial charge in [0.1, 0.15) is 6.10 Å². The summed E-state index contributed by atoms with van der Waals surface area (Å²) in [5.41, 5.74) is 1.90. The van der Waals surface area contributed by atoms with Crippen LogP contribution >= 0.6 is 0 Å². The Kier molecular flexibility index (Phi) is 7.82. The zero-order valence-corrected chi connectivity index (χ0v) is 16.8. The van der Waals surface area contributed by atoms with Crippen molar-refractivity contribution < 1.29 is 37.4 Å². The molecule has 1 unspecified atom stereocenters. The molecule has 1 aromatic heterocycles. The summed E-state index contributed by atoms with van der Waals surface area (Å²) in [5, 5.41) is 7.12. The van der Waals surface area contributed by atoms with E-state index < -0.39 is 12.1 Å². The molecule has 1 saturated heterocycles. The maximum Gasteiger partial charge on any atom is 0.490 e. The van der Waals surface area contributed by atoms with E-state index in [0.717, 1.165) is 43.7 Å². The molecule has 12 heteroatoms. The summed E-state index contributed by atoms with van der Waals surface area (Å²) in [6, 6.07) is 0. The number of rotatable bonds is 3. The summed E-state index contributed by atoms with van der Waals surface area (Å²) in [6.07, 6.45) is -0.874. The Hall–Kier alpha value is -2.63. The van der Waals surface area contributed by atoms with Crippen molar-refractivity contribution in [2.45, 2.75) is 58.1 Å². The van der Waals surface area contributed by atoms with Crippen LogP contribution in [0, 0.1) is 0 Å². The van der Waals surface area contributed by atoms with Crippen LogP contribution in [0.3, 0.4) is 0 Å². The second-order valence-electron chi connectivity index (χ2n) is 7.12. The molecule has 1 N–H and O–H groups in total. The van der Waals surface area contributed by atoms with Crippen molar-refractivity contribution in [3.05, 3.63) is 17.7 Å². The minimum absolute atomic E-state index is 0.00709. The highest BCUT2D eigenvalue weighted by Gasteiger charge is 2.38. The van der Waals surface area contributed by atoms with E-state index in [-0.39, 0.29) is 17.9 Å². The zero-order chi connectivity index (χ0) is 22.5. The Bertz CT molecular complexity index is 774. The normalized spacial score (nSPS) is 18.7. The molecule has 0 radical (unpaired) electrons. The lowest BCUT2D eigenvalue weighted by molar-refractivity contribution is -0.192. The summed E-state index contributed by atoms with van der Waals surface area (Å²) >= 11 is 0. The Balaban J connectivity index is 0.000000396. The van der Waals surface area contributed by atoms with Gasteiger partial charge >= 0.3 is 12.1 Å². The molecule has 3 heterocycles. The van der Waals surface area contributed by atoms with Gasteiger partial charge in [-0.05, 0) is 19.3 Å². The number of fused-ring (bicyclic) bond motifs is 1. The average molecular weight is 434 g/mol. The highest BCUT2D eigenvalue weighted by Crippen LogP contribution is 2.21. The highest BCUT2D eigenvalue weighted by molar-refractivity contribution is 5.81. The van der Waals surface area contributed by atoms with Gasteiger partial charge in [0.05, 0.1) is 30.8 Å². The standard InChI is InChI=1S/C16H24N4O3.C2HF3O2/c1-12(21)18(2)9-13-14-10-19(6-4-7-20(14)11-17-13)16(22)15-5-3-8-23-15;3-2(4,5)1(6)7/h11,15H,3-10H2,1-2H3;(H,6,7). The molecule has 0 bridgehead atoms. The van der Waals surface area contributed by atoms with Crippen molar-refractivity contribution in [1.29, 1.82) is 0 Å². The molecule has 1 atom stereocenters. The first kappa shape index (κ1) is 23.6. The Morgan fingerprint density at radius 3 is 2.50 bits per heavy atom. The van der Waals surface area contributed by atoms with Crippen molar-refractivity contribution in [3.8, 4) is 0 Å². The van der Waals surface area contributed by atoms with Crippen LogP contribution in [-0.4, -0.2) is 74.7 Å². The number of carbonyl (C=O) groups excluding carboxylic acids is 2. The zero-order valence-electron chi connectivity index (χ0n) is 16.8. The van der Waals surface area contributed by atoms with Crippen LogP contribution < -0.4 is 0 Å². The van der Waals surface area contributed by atoms with Crippen LogP contribution in [0.2, 0.25) is 0 Å². The SMILES string of the molecule is CC(=O)N(C)Cc1ncn2c1CN(C(=O)C1CCCO1)CCC2.O=C(O)C(F)(F)F. The molecule has 2 aliphatic rings. The molecular weight excluding hydrogens is 409 g/mol. The van der Waals surface area contributed by atoms with Crippen LogP contribution in [-0.2, 0) is 38.8 Å². The minimum atomic E-state index is -5.08. The van der Waals surface area contributed by atoms with Gasteiger partial charge in [-0.3, -0.25) is 9.59 Å². The molecule has 1 fully saturated rings. The van der Waals surface area contributed by atoms with Crippen LogP contribution in [0.1, 0.15) is 37.6 Å². The van der Waals surface area contributed by atoms with Crippen molar-refractivity contribution >= 4 is 17.8 Å². The number of halogens is 3. The third-order valence-electron chi connectivity index (χ3n) is 4.88. The van der Waals surface area contributed by atoms with Crippen LogP contribution in [0.25, 0.3) is 0 Å². The molecule has 30 heavy (non-hydrogen) atoms. The van der Waals surface area contributed by atoms with Crippen LogP contribution in [0.15, 0.2) is 6.33 Å². The van der Waals surface area contributed by atoms with Crippen LogP contribution in [0.4, 0.5) is 13.2 Å². The smallest absolute Gasteiger partial charge is 0.475 e. The number of nitrogens with zero attached hydrogens (tertiary/aromatic N) is 4. The molecule has 9 nitrogen and oxygen atoms in total. The van der Waals surface area contributed by atoms with E-state index in [9.17, 15) is 22.8 Å². The monoisotopic (exact) mass is 434 g/mol. The van der Waals surface area contributed by atoms with Gasteiger partial charge in [0.15, 0.2) is 0 Å². The van der Waals surface area contributed by atoms with Crippen LogP contribution in [0.5, 0.6) is 0 Å². The Morgan fingerprint density at radius 2 is 1.97 bits per heavy atom. The number of hydrogen-bond donors (Lipinski definition) is 1. The number of alkyl halides is 3. The molecule has 0 spiro atoms. The maximum absolute atomic E-state index is 12.6. The first-order valence-electron chi connectivity index (χ1n) is 9.45. The molecule has 3 rings (SSSR count). The molecule has 168 valence electrons. The van der Waals surface area contributed by atoms with E-state index in [4.69, 9.17) is 14.6 Å². The fourth-order valence-corrected chi connectivity index (χ4v) is 3.15. The van der Waals surface area contributed by atoms with Gasteiger partial charge in [-0.15, -0.1) is 0 Å². The van der Waals surface area contributed by atoms with Crippen molar-refractivity contribution in [2.75, 3.05) is 20.2 Å². The lowest BCUT2D eigenvalue weighted by Gasteiger charge is -2.24. The van der Waals surface area contributed by atoms with E-state index in [1.165, 1.54) is 0 Å². The maximum atomic E-state index is 12.6. The fourth-order valence-electron chi connectivity index (χ4n) is 3.15. The van der Waals surface area contributed by atoms with Crippen molar-refractivity contribution in [3.63, 3.8) is 0 Å². The molecule has 2 aliphatic heterocycles. The summed E-state index contributed by atoms with van der Waals surface area (Å²) < 4.78 is 39.4. The number of carbonyl (C=O) groups is 3. The number of aryl methyl sites for hydroxylation is 1. The summed E-state index contributed by atoms with van der Waals surface area (Å²) in [7, 11) is 1.76. The Morgan fingerprint density at radius 1 is 1.30 bits per heavy atom. The van der Waals surface area contributed by atoms with E-state index >= 15 is 0 Å². The lowest BCUT2D eigenvalue weighted by Crippen LogP contribution is -2.38. The van der Waals surface area contributed by atoms with Gasteiger partial charge in [-0.1, -0.05) is 0 Å². The molecule has 2 amide bonds. The predicted molar refractivity (Wildman–Crippen MR) is 97.1 cm³/mol. The van der Waals surface area contributed by atoms with Gasteiger partial charge in [0.2, 0.25) is 5.91 Å². The third kappa shape index (κ3) is 6.18. The predicted octanol–water partition coefficient (Wildman–Crippen LogP) is 1.41. The molecule has 0 aromatic carbocycles. The third-order valence-corrected chi connectivity index (χ3v) is 4.88. The van der Waals surface area contributed by atoms with Gasteiger partial charge in [-0.2, -0.15) is 13.2 Å². The number of carboxylic acid groups (broad SMARTS) is 1. The first-order chi connectivity index (χ1) is 14.0.